The van der Waals surface area contributed by atoms with Gasteiger partial charge in [-0.2, -0.15) is 0 Å². The van der Waals surface area contributed by atoms with Gasteiger partial charge in [0, 0.05) is 19.1 Å². The SMILES string of the molecule is CC(C)C(C(=O)NCCN(C)C(C)C)C(N)=S. The van der Waals surface area contributed by atoms with Crippen molar-refractivity contribution in [3.05, 3.63) is 0 Å². The molecular weight excluding hydrogens is 234 g/mol. The quantitative estimate of drug-likeness (QED) is 0.670. The maximum Gasteiger partial charge on any atom is 0.230 e. The van der Waals surface area contributed by atoms with Crippen molar-refractivity contribution in [3.63, 3.8) is 0 Å². The van der Waals surface area contributed by atoms with Crippen LogP contribution < -0.4 is 11.1 Å². The largest absolute Gasteiger partial charge is 0.393 e. The second-order valence-electron chi connectivity index (χ2n) is 4.99. The Kier molecular flexibility index (Phi) is 7.30. The van der Waals surface area contributed by atoms with Crippen LogP contribution in [0.4, 0.5) is 0 Å². The van der Waals surface area contributed by atoms with E-state index in [2.05, 4.69) is 24.1 Å². The molecule has 0 saturated carbocycles. The van der Waals surface area contributed by atoms with Crippen LogP contribution in [0.25, 0.3) is 0 Å². The van der Waals surface area contributed by atoms with Crippen molar-refractivity contribution in [1.29, 1.82) is 0 Å². The third kappa shape index (κ3) is 5.98. The van der Waals surface area contributed by atoms with Crippen LogP contribution in [0.3, 0.4) is 0 Å². The van der Waals surface area contributed by atoms with Gasteiger partial charge in [0.25, 0.3) is 0 Å². The lowest BCUT2D eigenvalue weighted by Gasteiger charge is -2.23. The molecule has 0 aromatic rings. The Balaban J connectivity index is 4.12. The summed E-state index contributed by atoms with van der Waals surface area (Å²) in [5.41, 5.74) is 5.58. The van der Waals surface area contributed by atoms with E-state index in [0.717, 1.165) is 6.54 Å². The number of carbonyl (C=O) groups is 1. The Morgan fingerprint density at radius 1 is 1.35 bits per heavy atom. The number of hydrogen-bond donors (Lipinski definition) is 2. The van der Waals surface area contributed by atoms with E-state index in [1.165, 1.54) is 0 Å². The first-order valence-electron chi connectivity index (χ1n) is 6.04. The van der Waals surface area contributed by atoms with Crippen LogP contribution in [0.2, 0.25) is 0 Å². The van der Waals surface area contributed by atoms with E-state index in [9.17, 15) is 4.79 Å². The van der Waals surface area contributed by atoms with Gasteiger partial charge >= 0.3 is 0 Å². The van der Waals surface area contributed by atoms with Gasteiger partial charge < -0.3 is 16.0 Å². The van der Waals surface area contributed by atoms with E-state index in [1.54, 1.807) is 0 Å². The molecule has 1 amide bonds. The van der Waals surface area contributed by atoms with Gasteiger partial charge in [0.1, 0.15) is 0 Å². The molecule has 1 atom stereocenters. The van der Waals surface area contributed by atoms with Crippen molar-refractivity contribution < 1.29 is 4.79 Å². The third-order valence-electron chi connectivity index (χ3n) is 2.90. The Labute approximate surface area is 110 Å². The summed E-state index contributed by atoms with van der Waals surface area (Å²) < 4.78 is 0. The number of thiocarbonyl (C=S) groups is 1. The Bertz CT molecular complexity index is 266. The zero-order valence-electron chi connectivity index (χ0n) is 11.5. The highest BCUT2D eigenvalue weighted by Gasteiger charge is 2.24. The number of nitrogens with zero attached hydrogens (tertiary/aromatic N) is 1. The first-order chi connectivity index (χ1) is 7.77. The van der Waals surface area contributed by atoms with Gasteiger partial charge in [-0.1, -0.05) is 26.1 Å². The van der Waals surface area contributed by atoms with E-state index >= 15 is 0 Å². The summed E-state index contributed by atoms with van der Waals surface area (Å²) in [5, 5.41) is 2.88. The summed E-state index contributed by atoms with van der Waals surface area (Å²) in [6.07, 6.45) is 0. The average Bonchev–Trinajstić information content (AvgIpc) is 2.15. The van der Waals surface area contributed by atoms with Gasteiger partial charge in [0.05, 0.1) is 10.9 Å². The monoisotopic (exact) mass is 259 g/mol. The van der Waals surface area contributed by atoms with Crippen LogP contribution in [-0.2, 0) is 4.79 Å². The molecule has 0 saturated heterocycles. The van der Waals surface area contributed by atoms with Gasteiger partial charge in [-0.15, -0.1) is 0 Å². The standard InChI is InChI=1S/C12H25N3OS/c1-8(2)10(11(13)17)12(16)14-6-7-15(5)9(3)4/h8-10H,6-7H2,1-5H3,(H2,13,17)(H,14,16). The van der Waals surface area contributed by atoms with Crippen molar-refractivity contribution in [2.24, 2.45) is 17.6 Å². The molecular formula is C12H25N3OS. The van der Waals surface area contributed by atoms with Crippen LogP contribution in [-0.4, -0.2) is 42.0 Å². The number of likely N-dealkylation sites (N-methyl/N-ethyl adjacent to an activating group) is 1. The Hall–Kier alpha value is -0.680. The molecule has 0 heterocycles. The first kappa shape index (κ1) is 16.3. The molecule has 0 aromatic carbocycles. The normalized spacial score (nSPS) is 13.2. The molecule has 0 radical (unpaired) electrons. The maximum absolute atomic E-state index is 11.9. The summed E-state index contributed by atoms with van der Waals surface area (Å²) in [4.78, 5) is 14.3. The highest BCUT2D eigenvalue weighted by atomic mass is 32.1. The number of nitrogens with two attached hydrogens (primary N) is 1. The van der Waals surface area contributed by atoms with E-state index < -0.39 is 0 Å². The summed E-state index contributed by atoms with van der Waals surface area (Å²) >= 11 is 4.92. The average molecular weight is 259 g/mol. The topological polar surface area (TPSA) is 58.4 Å². The van der Waals surface area contributed by atoms with Crippen molar-refractivity contribution in [3.8, 4) is 0 Å². The molecule has 0 spiro atoms. The lowest BCUT2D eigenvalue weighted by molar-refractivity contribution is -0.124. The predicted octanol–water partition coefficient (Wildman–Crippen LogP) is 1.00. The maximum atomic E-state index is 11.9. The van der Waals surface area contributed by atoms with Crippen molar-refractivity contribution in [2.45, 2.75) is 33.7 Å². The van der Waals surface area contributed by atoms with Gasteiger partial charge in [-0.3, -0.25) is 4.79 Å². The second-order valence-corrected chi connectivity index (χ2v) is 5.46. The molecule has 100 valence electrons. The zero-order chi connectivity index (χ0) is 13.6. The van der Waals surface area contributed by atoms with Crippen molar-refractivity contribution in [2.75, 3.05) is 20.1 Å². The molecule has 0 aliphatic rings. The van der Waals surface area contributed by atoms with Crippen LogP contribution in [0.15, 0.2) is 0 Å². The molecule has 5 heteroatoms. The van der Waals surface area contributed by atoms with Gasteiger partial charge in [-0.05, 0) is 26.8 Å². The molecule has 17 heavy (non-hydrogen) atoms. The highest BCUT2D eigenvalue weighted by molar-refractivity contribution is 7.80. The fourth-order valence-corrected chi connectivity index (χ4v) is 1.86. The molecule has 0 aromatic heterocycles. The van der Waals surface area contributed by atoms with Crippen molar-refractivity contribution >= 4 is 23.1 Å². The molecule has 0 aliphatic carbocycles. The number of carbonyl (C=O) groups excluding carboxylic acids is 1. The van der Waals surface area contributed by atoms with E-state index in [4.69, 9.17) is 18.0 Å². The Morgan fingerprint density at radius 2 is 1.88 bits per heavy atom. The fraction of sp³-hybridized carbons (Fsp3) is 0.833. The van der Waals surface area contributed by atoms with E-state index in [-0.39, 0.29) is 22.7 Å². The summed E-state index contributed by atoms with van der Waals surface area (Å²) in [6, 6.07) is 0.475. The van der Waals surface area contributed by atoms with Gasteiger partial charge in [-0.25, -0.2) is 0 Å². The minimum Gasteiger partial charge on any atom is -0.393 e. The number of amides is 1. The molecule has 3 N–H and O–H groups in total. The fourth-order valence-electron chi connectivity index (χ4n) is 1.48. The van der Waals surface area contributed by atoms with E-state index in [1.807, 2.05) is 20.9 Å². The minimum absolute atomic E-state index is 0.0651. The first-order valence-corrected chi connectivity index (χ1v) is 6.45. The molecule has 0 rings (SSSR count). The van der Waals surface area contributed by atoms with Crippen LogP contribution in [0, 0.1) is 11.8 Å². The summed E-state index contributed by atoms with van der Waals surface area (Å²) in [7, 11) is 2.03. The molecule has 0 bridgehead atoms. The number of hydrogen-bond acceptors (Lipinski definition) is 3. The lowest BCUT2D eigenvalue weighted by atomic mass is 9.95. The van der Waals surface area contributed by atoms with Crippen LogP contribution in [0.5, 0.6) is 0 Å². The smallest absolute Gasteiger partial charge is 0.230 e. The van der Waals surface area contributed by atoms with Crippen LogP contribution >= 0.6 is 12.2 Å². The second kappa shape index (κ2) is 7.61. The highest BCUT2D eigenvalue weighted by Crippen LogP contribution is 2.11. The number of rotatable bonds is 7. The van der Waals surface area contributed by atoms with Crippen molar-refractivity contribution in [1.82, 2.24) is 10.2 Å². The minimum atomic E-state index is -0.366. The zero-order valence-corrected chi connectivity index (χ0v) is 12.3. The van der Waals surface area contributed by atoms with Crippen LogP contribution in [0.1, 0.15) is 27.7 Å². The lowest BCUT2D eigenvalue weighted by Crippen LogP contribution is -2.43. The van der Waals surface area contributed by atoms with Gasteiger partial charge in [0.2, 0.25) is 5.91 Å². The molecule has 1 unspecified atom stereocenters. The number of nitrogens with one attached hydrogen (secondary N) is 1. The molecule has 4 nitrogen and oxygen atoms in total. The summed E-state index contributed by atoms with van der Waals surface area (Å²) in [5.74, 6) is -0.297. The predicted molar refractivity (Wildman–Crippen MR) is 75.9 cm³/mol. The summed E-state index contributed by atoms with van der Waals surface area (Å²) in [6.45, 7) is 9.58. The molecule has 0 aliphatic heterocycles. The molecule has 0 fully saturated rings. The Morgan fingerprint density at radius 3 is 2.24 bits per heavy atom. The van der Waals surface area contributed by atoms with Gasteiger partial charge in [0.15, 0.2) is 0 Å². The van der Waals surface area contributed by atoms with E-state index in [0.29, 0.717) is 12.6 Å². The third-order valence-corrected chi connectivity index (χ3v) is 3.15.